The molecule has 2 amide bonds. The van der Waals surface area contributed by atoms with Crippen molar-refractivity contribution in [3.63, 3.8) is 0 Å². The molecular formula is C55H75N3O9. The fraction of sp³-hybridized carbons (Fsp3) is 0.545. The van der Waals surface area contributed by atoms with E-state index in [1.165, 1.54) is 22.5 Å². The molecule has 0 aromatic heterocycles. The molecule has 4 atom stereocenters. The van der Waals surface area contributed by atoms with Crippen LogP contribution in [-0.4, -0.2) is 81.9 Å². The first kappa shape index (κ1) is 55.9. The Kier molecular flexibility index (Phi) is 23.4. The summed E-state index contributed by atoms with van der Waals surface area (Å²) in [5.41, 5.74) is 13.3. The van der Waals surface area contributed by atoms with E-state index < -0.39 is 0 Å². The second-order valence-corrected chi connectivity index (χ2v) is 18.7. The molecule has 364 valence electrons. The number of hydrogen-bond acceptors (Lipinski definition) is 11. The molecule has 1 saturated carbocycles. The highest BCUT2D eigenvalue weighted by Crippen LogP contribution is 2.32. The van der Waals surface area contributed by atoms with E-state index >= 15 is 0 Å². The first-order chi connectivity index (χ1) is 31.8. The van der Waals surface area contributed by atoms with Crippen molar-refractivity contribution < 1.29 is 43.4 Å². The number of rotatable bonds is 5. The van der Waals surface area contributed by atoms with Crippen molar-refractivity contribution in [2.45, 2.75) is 176 Å². The summed E-state index contributed by atoms with van der Waals surface area (Å²) in [7, 11) is 0. The van der Waals surface area contributed by atoms with Crippen LogP contribution < -0.4 is 5.73 Å². The van der Waals surface area contributed by atoms with E-state index in [2.05, 4.69) is 50.1 Å². The number of benzene rings is 1. The summed E-state index contributed by atoms with van der Waals surface area (Å²) in [6.07, 6.45) is 24.2. The zero-order valence-electron chi connectivity index (χ0n) is 41.5. The van der Waals surface area contributed by atoms with Crippen LogP contribution in [0.3, 0.4) is 0 Å². The molecule has 0 spiro atoms. The number of amides is 2. The molecule has 1 fully saturated rings. The van der Waals surface area contributed by atoms with E-state index in [4.69, 9.17) is 15.6 Å². The number of nitrogens with zero attached hydrogens (tertiary/aromatic N) is 2. The minimum atomic E-state index is -0.296. The van der Waals surface area contributed by atoms with Crippen LogP contribution in [0.4, 0.5) is 0 Å². The van der Waals surface area contributed by atoms with E-state index in [0.717, 1.165) is 98.9 Å². The lowest BCUT2D eigenvalue weighted by Gasteiger charge is -2.23. The third kappa shape index (κ3) is 17.3. The zero-order valence-corrected chi connectivity index (χ0v) is 41.5. The van der Waals surface area contributed by atoms with E-state index in [9.17, 15) is 33.6 Å². The lowest BCUT2D eigenvalue weighted by atomic mass is 10.1. The Bertz CT molecular complexity index is 2120. The SMILES string of the molecule is CC1=C(OCC(C)C)CCC1=O.CC1=CCCC1=O.CC1=CCCC1N=C=O.CC1=CCC[C@@H]1O.CC1=CCC[C@H]1N.CC1=CCC[C@H]1N1C(=O)c2ccccc2C1=O.CC1C(=O)CCC1=O. The number of ether oxygens (including phenoxy) is 1. The van der Waals surface area contributed by atoms with Gasteiger partial charge in [0.1, 0.15) is 17.3 Å². The summed E-state index contributed by atoms with van der Waals surface area (Å²) in [5, 5.41) is 8.93. The van der Waals surface area contributed by atoms with Crippen LogP contribution in [0.15, 0.2) is 98.8 Å². The minimum absolute atomic E-state index is 0.0394. The van der Waals surface area contributed by atoms with E-state index in [1.807, 2.05) is 40.7 Å². The molecule has 1 unspecified atom stereocenters. The second-order valence-electron chi connectivity index (χ2n) is 18.7. The van der Waals surface area contributed by atoms with Gasteiger partial charge in [-0.15, -0.1) is 0 Å². The molecular weight excluding hydrogens is 847 g/mol. The minimum Gasteiger partial charge on any atom is -0.497 e. The number of aliphatic hydroxyl groups is 1. The van der Waals surface area contributed by atoms with E-state index in [-0.39, 0.29) is 53.3 Å². The standard InChI is InChI=1S/C14H13NO2.C10H16O2.C7H9NO.C6H11N.C6H8O2.C6H10O.C6H8O/c1-9-5-4-8-12(9)15-13(16)10-6-2-3-7-11(10)14(15)17;1-7(2)6-12-10-5-4-9(11)8(10)3;1-6-3-2-4-7(6)8-5-9;1-5-3-2-4-6(5)7;1-4-5(7)2-3-6(4)8;2*1-5-3-2-4-6(5)7/h2-3,5-7,12H,4,8H2,1H3;7H,4-6H2,1-3H3;3,7H,2,4H2,1H3;3,6H,2,4,7H2,1H3;4H,2-3H2,1H3;3,6-7H,2,4H2,1H3;3H,2,4H2,1H3/t12-;;;6-;;6-;/m1..1.0./s1. The average Bonchev–Trinajstić information content (AvgIpc) is 4.22. The van der Waals surface area contributed by atoms with Gasteiger partial charge in [0.05, 0.1) is 41.8 Å². The van der Waals surface area contributed by atoms with Gasteiger partial charge < -0.3 is 15.6 Å². The summed E-state index contributed by atoms with van der Waals surface area (Å²) < 4.78 is 5.51. The quantitative estimate of drug-likeness (QED) is 0.0945. The second kappa shape index (κ2) is 28.0. The Hall–Kier alpha value is -5.42. The molecule has 8 aliphatic rings. The van der Waals surface area contributed by atoms with Gasteiger partial charge >= 0.3 is 0 Å². The Labute approximate surface area is 398 Å². The predicted octanol–water partition coefficient (Wildman–Crippen LogP) is 10.1. The molecule has 0 bridgehead atoms. The van der Waals surface area contributed by atoms with Crippen molar-refractivity contribution >= 4 is 41.0 Å². The first-order valence-corrected chi connectivity index (χ1v) is 24.0. The molecule has 67 heavy (non-hydrogen) atoms. The van der Waals surface area contributed by atoms with Gasteiger partial charge in [-0.3, -0.25) is 33.7 Å². The molecule has 12 heteroatoms. The van der Waals surface area contributed by atoms with Crippen molar-refractivity contribution in [2.24, 2.45) is 22.6 Å². The van der Waals surface area contributed by atoms with Crippen LogP contribution in [0.25, 0.3) is 0 Å². The van der Waals surface area contributed by atoms with Crippen molar-refractivity contribution in [3.8, 4) is 0 Å². The summed E-state index contributed by atoms with van der Waals surface area (Å²) in [6.45, 7) is 18.4. The number of fused-ring (bicyclic) bond motifs is 1. The van der Waals surface area contributed by atoms with Crippen LogP contribution in [0.1, 0.15) is 173 Å². The largest absolute Gasteiger partial charge is 0.497 e. The van der Waals surface area contributed by atoms with Gasteiger partial charge in [0.2, 0.25) is 6.08 Å². The van der Waals surface area contributed by atoms with Gasteiger partial charge in [-0.2, -0.15) is 4.99 Å². The number of aliphatic imine (C=N–C) groups is 1. The van der Waals surface area contributed by atoms with Gasteiger partial charge in [-0.25, -0.2) is 4.79 Å². The number of allylic oxidation sites excluding steroid dienone is 8. The lowest BCUT2D eigenvalue weighted by molar-refractivity contribution is -0.126. The zero-order chi connectivity index (χ0) is 49.8. The summed E-state index contributed by atoms with van der Waals surface area (Å²) in [4.78, 5) is 82.0. The maximum absolute atomic E-state index is 12.2. The highest BCUT2D eigenvalue weighted by Gasteiger charge is 2.41. The number of carbonyl (C=O) groups is 6. The maximum atomic E-state index is 12.2. The van der Waals surface area contributed by atoms with E-state index in [0.29, 0.717) is 48.1 Å². The monoisotopic (exact) mass is 922 g/mol. The third-order valence-electron chi connectivity index (χ3n) is 13.0. The maximum Gasteiger partial charge on any atom is 0.262 e. The van der Waals surface area contributed by atoms with Crippen LogP contribution in [-0.2, 0) is 28.7 Å². The van der Waals surface area contributed by atoms with Gasteiger partial charge in [-0.1, -0.05) is 73.1 Å². The molecule has 9 rings (SSSR count). The van der Waals surface area contributed by atoms with Gasteiger partial charge in [0.15, 0.2) is 11.6 Å². The van der Waals surface area contributed by atoms with Gasteiger partial charge in [0, 0.05) is 43.7 Å². The van der Waals surface area contributed by atoms with Crippen LogP contribution in [0.2, 0.25) is 0 Å². The summed E-state index contributed by atoms with van der Waals surface area (Å²) >= 11 is 0. The third-order valence-corrected chi connectivity index (χ3v) is 13.0. The Morgan fingerprint density at radius 2 is 1.24 bits per heavy atom. The number of ketones is 4. The number of aliphatic hydroxyl groups excluding tert-OH is 1. The topological polar surface area (TPSA) is 191 Å². The Morgan fingerprint density at radius 3 is 1.55 bits per heavy atom. The highest BCUT2D eigenvalue weighted by molar-refractivity contribution is 6.21. The van der Waals surface area contributed by atoms with Crippen molar-refractivity contribution in [3.05, 3.63) is 105 Å². The molecule has 12 nitrogen and oxygen atoms in total. The molecule has 1 heterocycles. The number of isocyanates is 1. The number of Topliss-reactive ketones (excluding diaryl/α,β-unsaturated/α-hetero) is 4. The summed E-state index contributed by atoms with van der Waals surface area (Å²) in [6, 6.07) is 7.52. The number of carbonyl (C=O) groups excluding carboxylic acids is 7. The lowest BCUT2D eigenvalue weighted by Crippen LogP contribution is -2.39. The first-order valence-electron chi connectivity index (χ1n) is 24.0. The van der Waals surface area contributed by atoms with E-state index in [1.54, 1.807) is 37.3 Å². The molecule has 0 radical (unpaired) electrons. The van der Waals surface area contributed by atoms with Crippen LogP contribution in [0.5, 0.6) is 0 Å². The fourth-order valence-corrected chi connectivity index (χ4v) is 8.22. The molecule has 7 aliphatic carbocycles. The molecule has 1 aliphatic heterocycles. The van der Waals surface area contributed by atoms with Gasteiger partial charge in [-0.05, 0) is 135 Å². The molecule has 1 aromatic rings. The van der Waals surface area contributed by atoms with Crippen molar-refractivity contribution in [2.75, 3.05) is 6.61 Å². The van der Waals surface area contributed by atoms with Crippen LogP contribution >= 0.6 is 0 Å². The number of hydrogen-bond donors (Lipinski definition) is 2. The Morgan fingerprint density at radius 1 is 0.687 bits per heavy atom. The predicted molar refractivity (Wildman–Crippen MR) is 263 cm³/mol. The van der Waals surface area contributed by atoms with Crippen LogP contribution in [0, 0.1) is 11.8 Å². The number of imide groups is 1. The highest BCUT2D eigenvalue weighted by atomic mass is 16.5. The average molecular weight is 922 g/mol. The normalized spacial score (nSPS) is 23.6. The van der Waals surface area contributed by atoms with Crippen molar-refractivity contribution in [1.29, 1.82) is 0 Å². The summed E-state index contributed by atoms with van der Waals surface area (Å²) in [5.74, 6) is 1.62. The van der Waals surface area contributed by atoms with Gasteiger partial charge in [0.25, 0.3) is 11.8 Å². The molecule has 1 aromatic carbocycles. The van der Waals surface area contributed by atoms with Crippen molar-refractivity contribution in [1.82, 2.24) is 4.90 Å². The molecule has 3 N–H and O–H groups in total. The number of nitrogens with two attached hydrogens (primary N) is 1. The fourth-order valence-electron chi connectivity index (χ4n) is 8.22. The Balaban J connectivity index is 0.000000214. The smallest absolute Gasteiger partial charge is 0.262 e. The molecule has 0 saturated heterocycles.